The third-order valence-electron chi connectivity index (χ3n) is 5.10. The molecule has 0 aliphatic rings. The largest absolute Gasteiger partial charge is 0.382 e. The number of hydrazone groups is 1. The molecule has 1 amide bonds. The molecule has 176 valence electrons. The lowest BCUT2D eigenvalue weighted by Gasteiger charge is -2.15. The Hall–Kier alpha value is -4.41. The van der Waals surface area contributed by atoms with Crippen LogP contribution in [-0.4, -0.2) is 31.6 Å². The van der Waals surface area contributed by atoms with Gasteiger partial charge in [0.05, 0.1) is 22.4 Å². The van der Waals surface area contributed by atoms with Crippen molar-refractivity contribution >= 4 is 39.9 Å². The third kappa shape index (κ3) is 5.40. The molecule has 0 saturated carbocycles. The van der Waals surface area contributed by atoms with Crippen LogP contribution in [0.2, 0.25) is 5.02 Å². The molecule has 4 aromatic rings. The van der Waals surface area contributed by atoms with Crippen molar-refractivity contribution in [3.05, 3.63) is 115 Å². The van der Waals surface area contributed by atoms with Crippen LogP contribution in [0.1, 0.15) is 22.9 Å². The first-order chi connectivity index (χ1) is 16.8. The molecule has 0 aliphatic carbocycles. The van der Waals surface area contributed by atoms with Gasteiger partial charge < -0.3 is 10.1 Å². The normalized spacial score (nSPS) is 12.3. The Balaban J connectivity index is 1.76. The minimum Gasteiger partial charge on any atom is -0.382 e. The van der Waals surface area contributed by atoms with Gasteiger partial charge >= 0.3 is 0 Å². The molecule has 3 aromatic carbocycles. The van der Waals surface area contributed by atoms with E-state index in [1.807, 2.05) is 6.07 Å². The van der Waals surface area contributed by atoms with Gasteiger partial charge in [-0.3, -0.25) is 19.7 Å². The zero-order chi connectivity index (χ0) is 24.9. The summed E-state index contributed by atoms with van der Waals surface area (Å²) < 4.78 is 0. The second-order valence-corrected chi connectivity index (χ2v) is 7.90. The van der Waals surface area contributed by atoms with E-state index in [0.717, 1.165) is 5.56 Å². The highest BCUT2D eigenvalue weighted by Gasteiger charge is 2.25. The maximum atomic E-state index is 12.9. The van der Waals surface area contributed by atoms with Crippen LogP contribution >= 0.6 is 11.6 Å². The van der Waals surface area contributed by atoms with Crippen molar-refractivity contribution in [3.8, 4) is 0 Å². The number of aliphatic hydroxyl groups excluding tert-OH is 1. The van der Waals surface area contributed by atoms with Gasteiger partial charge in [0.25, 0.3) is 11.2 Å². The van der Waals surface area contributed by atoms with Crippen LogP contribution in [0, 0.1) is 10.1 Å². The summed E-state index contributed by atoms with van der Waals surface area (Å²) in [6.07, 6.45) is -1.49. The molecule has 1 heterocycles. The van der Waals surface area contributed by atoms with Gasteiger partial charge in [0, 0.05) is 22.7 Å². The maximum Gasteiger partial charge on any atom is 0.276 e. The molecule has 1 aromatic heterocycles. The van der Waals surface area contributed by atoms with E-state index < -0.39 is 22.5 Å². The Morgan fingerprint density at radius 3 is 2.57 bits per heavy atom. The Morgan fingerprint density at radius 2 is 1.86 bits per heavy atom. The summed E-state index contributed by atoms with van der Waals surface area (Å²) in [7, 11) is 0. The highest BCUT2D eigenvalue weighted by Crippen LogP contribution is 2.25. The number of carbonyl (C=O) groups is 1. The van der Waals surface area contributed by atoms with Crippen LogP contribution in [-0.2, 0) is 11.2 Å². The highest BCUT2D eigenvalue weighted by molar-refractivity contribution is 6.31. The molecule has 0 radical (unpaired) electrons. The number of aromatic amines is 1. The Bertz CT molecular complexity index is 1500. The van der Waals surface area contributed by atoms with Gasteiger partial charge in [0.1, 0.15) is 11.8 Å². The lowest BCUT2D eigenvalue weighted by Crippen LogP contribution is -2.30. The first kappa shape index (κ1) is 23.7. The first-order valence-electron chi connectivity index (χ1n) is 10.3. The monoisotopic (exact) mass is 491 g/mol. The number of H-pyrrole nitrogens is 1. The van der Waals surface area contributed by atoms with Gasteiger partial charge in [-0.25, -0.2) is 10.4 Å². The van der Waals surface area contributed by atoms with Crippen molar-refractivity contribution in [2.24, 2.45) is 5.10 Å². The van der Waals surface area contributed by atoms with E-state index in [4.69, 9.17) is 11.6 Å². The Labute approximate surface area is 203 Å². The highest BCUT2D eigenvalue weighted by atomic mass is 35.5. The molecule has 4 rings (SSSR count). The van der Waals surface area contributed by atoms with Crippen molar-refractivity contribution in [1.29, 1.82) is 0 Å². The number of rotatable bonds is 7. The van der Waals surface area contributed by atoms with Gasteiger partial charge in [-0.05, 0) is 17.7 Å². The molecular weight excluding hydrogens is 474 g/mol. The SMILES string of the molecule is O=C(Cc1ccccc1)N/N=C(\c1nc2ccc([N+](=O)[O-])cc2[nH]c1=O)C(O)c1ccccc1Cl. The van der Waals surface area contributed by atoms with Crippen molar-refractivity contribution in [2.45, 2.75) is 12.5 Å². The summed E-state index contributed by atoms with van der Waals surface area (Å²) in [4.78, 5) is 42.6. The number of halogens is 1. The maximum absolute atomic E-state index is 12.9. The molecule has 0 saturated heterocycles. The topological polar surface area (TPSA) is 151 Å². The van der Waals surface area contributed by atoms with E-state index in [1.54, 1.807) is 48.5 Å². The third-order valence-corrected chi connectivity index (χ3v) is 5.44. The Morgan fingerprint density at radius 1 is 1.14 bits per heavy atom. The number of benzene rings is 3. The fraction of sp³-hybridized carbons (Fsp3) is 0.0833. The lowest BCUT2D eigenvalue weighted by molar-refractivity contribution is -0.384. The number of nitrogens with zero attached hydrogens (tertiary/aromatic N) is 3. The fourth-order valence-electron chi connectivity index (χ4n) is 3.39. The summed E-state index contributed by atoms with van der Waals surface area (Å²) in [6.45, 7) is 0. The lowest BCUT2D eigenvalue weighted by atomic mass is 10.0. The molecule has 0 bridgehead atoms. The molecule has 11 heteroatoms. The van der Waals surface area contributed by atoms with Gasteiger partial charge in [-0.1, -0.05) is 60.1 Å². The Kier molecular flexibility index (Phi) is 6.95. The number of nitro groups is 1. The second-order valence-electron chi connectivity index (χ2n) is 7.49. The van der Waals surface area contributed by atoms with Gasteiger partial charge in [-0.15, -0.1) is 0 Å². The van der Waals surface area contributed by atoms with E-state index in [2.05, 4.69) is 20.5 Å². The number of carbonyl (C=O) groups excluding carboxylic acids is 1. The average Bonchev–Trinajstić information content (AvgIpc) is 2.84. The zero-order valence-electron chi connectivity index (χ0n) is 18.0. The summed E-state index contributed by atoms with van der Waals surface area (Å²) in [6, 6.07) is 19.2. The minimum atomic E-state index is -1.51. The predicted octanol–water partition coefficient (Wildman–Crippen LogP) is 3.28. The minimum absolute atomic E-state index is 0.0188. The van der Waals surface area contributed by atoms with Crippen LogP contribution in [0.25, 0.3) is 11.0 Å². The summed E-state index contributed by atoms with van der Waals surface area (Å²) in [5.74, 6) is -0.479. The van der Waals surface area contributed by atoms with Crippen molar-refractivity contribution < 1.29 is 14.8 Å². The average molecular weight is 492 g/mol. The number of non-ortho nitro benzene ring substituents is 1. The van der Waals surface area contributed by atoms with Crippen LogP contribution < -0.4 is 11.0 Å². The molecule has 0 aliphatic heterocycles. The van der Waals surface area contributed by atoms with Gasteiger partial charge in [-0.2, -0.15) is 5.10 Å². The number of hydrogen-bond donors (Lipinski definition) is 3. The standard InChI is InChI=1S/C24H18ClN5O5/c25-17-9-5-4-8-16(17)23(32)21(29-28-20(31)12-14-6-2-1-3-7-14)22-24(33)27-19-13-15(30(34)35)10-11-18(19)26-22/h1-11,13,23,32H,12H2,(H,27,33)(H,28,31)/b29-21+. The van der Waals surface area contributed by atoms with Crippen LogP contribution in [0.3, 0.4) is 0 Å². The number of nitro benzene ring substituents is 1. The molecule has 0 spiro atoms. The van der Waals surface area contributed by atoms with Gasteiger partial charge in [0.15, 0.2) is 5.69 Å². The van der Waals surface area contributed by atoms with E-state index in [-0.39, 0.29) is 45.1 Å². The van der Waals surface area contributed by atoms with Crippen molar-refractivity contribution in [2.75, 3.05) is 0 Å². The van der Waals surface area contributed by atoms with E-state index in [9.17, 15) is 24.8 Å². The van der Waals surface area contributed by atoms with Crippen molar-refractivity contribution in [1.82, 2.24) is 15.4 Å². The summed E-state index contributed by atoms with van der Waals surface area (Å²) in [5, 5.41) is 26.4. The smallest absolute Gasteiger partial charge is 0.276 e. The van der Waals surface area contributed by atoms with E-state index in [0.29, 0.717) is 0 Å². The number of nitrogens with one attached hydrogen (secondary N) is 2. The molecule has 35 heavy (non-hydrogen) atoms. The summed E-state index contributed by atoms with van der Waals surface area (Å²) >= 11 is 6.23. The van der Waals surface area contributed by atoms with Crippen LogP contribution in [0.5, 0.6) is 0 Å². The quantitative estimate of drug-likeness (QED) is 0.205. The van der Waals surface area contributed by atoms with Crippen LogP contribution in [0.4, 0.5) is 5.69 Å². The van der Waals surface area contributed by atoms with Crippen LogP contribution in [0.15, 0.2) is 82.7 Å². The zero-order valence-corrected chi connectivity index (χ0v) is 18.8. The molecule has 10 nitrogen and oxygen atoms in total. The molecule has 0 fully saturated rings. The number of fused-ring (bicyclic) bond motifs is 1. The molecule has 3 N–H and O–H groups in total. The van der Waals surface area contributed by atoms with Crippen molar-refractivity contribution in [3.63, 3.8) is 0 Å². The van der Waals surface area contributed by atoms with E-state index >= 15 is 0 Å². The molecule has 1 unspecified atom stereocenters. The number of amides is 1. The first-order valence-corrected chi connectivity index (χ1v) is 10.7. The fourth-order valence-corrected chi connectivity index (χ4v) is 3.63. The van der Waals surface area contributed by atoms with Gasteiger partial charge in [0.2, 0.25) is 5.91 Å². The van der Waals surface area contributed by atoms with E-state index in [1.165, 1.54) is 18.2 Å². The number of hydrogen-bond acceptors (Lipinski definition) is 7. The predicted molar refractivity (Wildman–Crippen MR) is 130 cm³/mol. The molecule has 1 atom stereocenters. The second kappa shape index (κ2) is 10.2. The summed E-state index contributed by atoms with van der Waals surface area (Å²) in [5.41, 5.74) is 2.20. The molecular formula is C24H18ClN5O5. The number of aliphatic hydroxyl groups is 1. The number of aromatic nitrogens is 2.